The largest absolute Gasteiger partial charge is 0.457 e. The Morgan fingerprint density at radius 2 is 1.77 bits per heavy atom. The first kappa shape index (κ1) is 37.5. The summed E-state index contributed by atoms with van der Waals surface area (Å²) < 4.78 is 11.9. The van der Waals surface area contributed by atoms with Gasteiger partial charge in [0.05, 0.1) is 18.6 Å². The number of carbonyl (C=O) groups is 3. The van der Waals surface area contributed by atoms with Gasteiger partial charge in [0.25, 0.3) is 0 Å². The van der Waals surface area contributed by atoms with Crippen molar-refractivity contribution >= 4 is 17.5 Å². The second-order valence-electron chi connectivity index (χ2n) is 13.5. The van der Waals surface area contributed by atoms with Crippen molar-refractivity contribution in [3.8, 4) is 0 Å². The van der Waals surface area contributed by atoms with Crippen LogP contribution in [0.4, 0.5) is 0 Å². The molecule has 2 aliphatic rings. The van der Waals surface area contributed by atoms with E-state index in [4.69, 9.17) is 9.47 Å². The van der Waals surface area contributed by atoms with Gasteiger partial charge >= 0.3 is 5.97 Å². The van der Waals surface area contributed by atoms with Gasteiger partial charge in [-0.2, -0.15) is 0 Å². The minimum atomic E-state index is -2.01. The number of Topliss-reactive ketones (excluding diaryl/α,β-unsaturated/α-hetero) is 2. The zero-order valence-electron chi connectivity index (χ0n) is 27.1. The van der Waals surface area contributed by atoms with Gasteiger partial charge in [0, 0.05) is 37.2 Å². The highest BCUT2D eigenvalue weighted by atomic mass is 16.5. The van der Waals surface area contributed by atoms with Gasteiger partial charge in [0.15, 0.2) is 18.2 Å². The number of hydrogen-bond acceptors (Lipinski definition) is 9. The molecule has 2 rings (SSSR count). The molecule has 4 N–H and O–H groups in total. The molecule has 0 amide bonds. The summed E-state index contributed by atoms with van der Waals surface area (Å²) in [7, 11) is 0. The normalized spacial score (nSPS) is 27.9. The molecule has 248 valence electrons. The van der Waals surface area contributed by atoms with Crippen molar-refractivity contribution in [3.05, 3.63) is 12.2 Å². The van der Waals surface area contributed by atoms with Gasteiger partial charge in [0.2, 0.25) is 0 Å². The van der Waals surface area contributed by atoms with Crippen LogP contribution in [0, 0.1) is 35.0 Å². The molecule has 2 saturated carbocycles. The maximum Gasteiger partial charge on any atom is 0.308 e. The Labute approximate surface area is 258 Å². The summed E-state index contributed by atoms with van der Waals surface area (Å²) in [6, 6.07) is 0. The van der Waals surface area contributed by atoms with Crippen molar-refractivity contribution in [2.75, 3.05) is 19.8 Å². The van der Waals surface area contributed by atoms with Gasteiger partial charge in [0.1, 0.15) is 11.9 Å². The van der Waals surface area contributed by atoms with Crippen LogP contribution in [0.2, 0.25) is 0 Å². The van der Waals surface area contributed by atoms with Crippen LogP contribution >= 0.6 is 0 Å². The van der Waals surface area contributed by atoms with Crippen molar-refractivity contribution in [2.45, 2.75) is 130 Å². The van der Waals surface area contributed by atoms with Crippen molar-refractivity contribution in [2.24, 2.45) is 35.0 Å². The number of allylic oxidation sites excluding steroid dienone is 1. The molecule has 6 unspecified atom stereocenters. The minimum Gasteiger partial charge on any atom is -0.457 e. The quantitative estimate of drug-likeness (QED) is 0.0998. The Balaban J connectivity index is 2.55. The fraction of sp³-hybridized carbons (Fsp3) is 0.853. The van der Waals surface area contributed by atoms with Crippen LogP contribution in [0.15, 0.2) is 12.2 Å². The van der Waals surface area contributed by atoms with E-state index < -0.39 is 53.7 Å². The zero-order chi connectivity index (χ0) is 32.2. The number of rotatable bonds is 18. The Morgan fingerprint density at radius 3 is 2.35 bits per heavy atom. The van der Waals surface area contributed by atoms with Crippen LogP contribution in [-0.2, 0) is 23.9 Å². The van der Waals surface area contributed by atoms with Crippen molar-refractivity contribution in [3.63, 3.8) is 0 Å². The highest BCUT2D eigenvalue weighted by Gasteiger charge is 2.56. The lowest BCUT2D eigenvalue weighted by Gasteiger charge is -2.55. The molecule has 0 radical (unpaired) electrons. The summed E-state index contributed by atoms with van der Waals surface area (Å²) in [5, 5.41) is 43.2. The predicted molar refractivity (Wildman–Crippen MR) is 164 cm³/mol. The van der Waals surface area contributed by atoms with Gasteiger partial charge < -0.3 is 29.9 Å². The van der Waals surface area contributed by atoms with E-state index in [1.54, 1.807) is 33.8 Å². The number of hydrogen-bond donors (Lipinski definition) is 4. The van der Waals surface area contributed by atoms with E-state index >= 15 is 0 Å². The number of ether oxygens (including phenoxy) is 2. The standard InChI is InChI=1S/C34H58O9/c1-6-25(36)15-11-16-26-27(19-34(40,41)7-2)28(17-12-18-35)33(5,20-29(26)37)31(30(38)22-43-32(39)23(3)4)42-21-24-13-9-8-10-14-24/h11,16,23-24,26-29,31,35,37,40-41H,6-10,12-15,17-22H2,1-5H3/b16-11+. The van der Waals surface area contributed by atoms with E-state index in [1.807, 2.05) is 13.0 Å². The molecule has 0 bridgehead atoms. The Kier molecular flexibility index (Phi) is 15.5. The second kappa shape index (κ2) is 17.7. The molecular formula is C34H58O9. The highest BCUT2D eigenvalue weighted by Crippen LogP contribution is 2.54. The third-order valence-electron chi connectivity index (χ3n) is 9.79. The lowest BCUT2D eigenvalue weighted by Crippen LogP contribution is -2.58. The van der Waals surface area contributed by atoms with Gasteiger partial charge in [-0.25, -0.2) is 0 Å². The van der Waals surface area contributed by atoms with Gasteiger partial charge in [-0.3, -0.25) is 14.4 Å². The molecule has 0 heterocycles. The zero-order valence-corrected chi connectivity index (χ0v) is 27.1. The van der Waals surface area contributed by atoms with Crippen LogP contribution in [0.3, 0.4) is 0 Å². The fourth-order valence-corrected chi connectivity index (χ4v) is 7.13. The van der Waals surface area contributed by atoms with Crippen molar-refractivity contribution in [1.29, 1.82) is 0 Å². The number of carbonyl (C=O) groups excluding carboxylic acids is 3. The average Bonchev–Trinajstić information content (AvgIpc) is 2.97. The number of ketones is 2. The molecule has 6 atom stereocenters. The molecule has 0 aromatic rings. The molecule has 0 aromatic carbocycles. The fourth-order valence-electron chi connectivity index (χ4n) is 7.13. The first-order valence-corrected chi connectivity index (χ1v) is 16.5. The predicted octanol–water partition coefficient (Wildman–Crippen LogP) is 4.52. The Hall–Kier alpha value is -1.65. The lowest BCUT2D eigenvalue weighted by atomic mass is 9.53. The van der Waals surface area contributed by atoms with Crippen LogP contribution in [0.5, 0.6) is 0 Å². The summed E-state index contributed by atoms with van der Waals surface area (Å²) in [6.45, 7) is 8.61. The Morgan fingerprint density at radius 1 is 1.09 bits per heavy atom. The topological polar surface area (TPSA) is 151 Å². The summed E-state index contributed by atoms with van der Waals surface area (Å²) in [6.07, 6.45) is 8.70. The van der Waals surface area contributed by atoms with Crippen LogP contribution in [-0.4, -0.2) is 75.8 Å². The van der Waals surface area contributed by atoms with E-state index in [0.717, 1.165) is 25.7 Å². The number of esters is 1. The van der Waals surface area contributed by atoms with Crippen LogP contribution in [0.1, 0.15) is 112 Å². The molecule has 0 aromatic heterocycles. The first-order chi connectivity index (χ1) is 20.3. The molecular weight excluding hydrogens is 552 g/mol. The summed E-state index contributed by atoms with van der Waals surface area (Å²) in [5.41, 5.74) is -0.956. The van der Waals surface area contributed by atoms with E-state index in [-0.39, 0.29) is 49.8 Å². The molecule has 2 fully saturated rings. The monoisotopic (exact) mass is 610 g/mol. The first-order valence-electron chi connectivity index (χ1n) is 16.5. The summed E-state index contributed by atoms with van der Waals surface area (Å²) in [4.78, 5) is 38.2. The number of aliphatic hydroxyl groups excluding tert-OH is 2. The smallest absolute Gasteiger partial charge is 0.308 e. The lowest BCUT2D eigenvalue weighted by molar-refractivity contribution is -0.207. The minimum absolute atomic E-state index is 0.0599. The van der Waals surface area contributed by atoms with E-state index in [0.29, 0.717) is 31.8 Å². The number of aliphatic hydroxyl groups is 4. The highest BCUT2D eigenvalue weighted by molar-refractivity contribution is 5.87. The second-order valence-corrected chi connectivity index (χ2v) is 13.5. The summed E-state index contributed by atoms with van der Waals surface area (Å²) in [5.74, 6) is -4.26. The third-order valence-corrected chi connectivity index (χ3v) is 9.79. The molecule has 9 heteroatoms. The molecule has 0 spiro atoms. The maximum absolute atomic E-state index is 13.9. The molecule has 0 saturated heterocycles. The van der Waals surface area contributed by atoms with Gasteiger partial charge in [-0.05, 0) is 56.3 Å². The molecule has 0 aliphatic heterocycles. The average molecular weight is 611 g/mol. The van der Waals surface area contributed by atoms with Crippen LogP contribution < -0.4 is 0 Å². The van der Waals surface area contributed by atoms with E-state index in [2.05, 4.69) is 0 Å². The maximum atomic E-state index is 13.9. The molecule has 9 nitrogen and oxygen atoms in total. The Bertz CT molecular complexity index is 908. The van der Waals surface area contributed by atoms with Crippen molar-refractivity contribution < 1.29 is 44.3 Å². The van der Waals surface area contributed by atoms with Gasteiger partial charge in [-0.1, -0.05) is 66.0 Å². The van der Waals surface area contributed by atoms with Crippen molar-refractivity contribution in [1.82, 2.24) is 0 Å². The SMILES string of the molecule is CCC(=O)C/C=C/C1C(O)CC(C)(C(OCC2CCCCC2)C(=O)COC(=O)C(C)C)C(CCCO)C1CC(O)(O)CC. The molecule has 43 heavy (non-hydrogen) atoms. The van der Waals surface area contributed by atoms with Crippen LogP contribution in [0.25, 0.3) is 0 Å². The molecule has 2 aliphatic carbocycles. The third kappa shape index (κ3) is 11.0. The van der Waals surface area contributed by atoms with Gasteiger partial charge in [-0.15, -0.1) is 0 Å². The van der Waals surface area contributed by atoms with E-state index in [9.17, 15) is 34.8 Å². The summed E-state index contributed by atoms with van der Waals surface area (Å²) >= 11 is 0. The van der Waals surface area contributed by atoms with E-state index in [1.165, 1.54) is 6.42 Å².